The van der Waals surface area contributed by atoms with Crippen molar-refractivity contribution in [2.75, 3.05) is 11.9 Å². The fourth-order valence-corrected chi connectivity index (χ4v) is 4.02. The molecule has 0 spiro atoms. The fraction of sp³-hybridized carbons (Fsp3) is 0.167. The Kier molecular flexibility index (Phi) is 4.89. The number of rotatable bonds is 5. The summed E-state index contributed by atoms with van der Waals surface area (Å²) in [7, 11) is 0. The van der Waals surface area contributed by atoms with Crippen molar-refractivity contribution >= 4 is 27.8 Å². The third kappa shape index (κ3) is 3.39. The SMILES string of the molecule is Cc1cccc2cc([C@H](C)CNc3ncnc4[nH]cnc34)n(-c3ccc(F)cc3)c(=O)c12. The summed E-state index contributed by atoms with van der Waals surface area (Å²) >= 11 is 0. The van der Waals surface area contributed by atoms with Crippen LogP contribution in [0.2, 0.25) is 0 Å². The van der Waals surface area contributed by atoms with Gasteiger partial charge in [-0.05, 0) is 48.2 Å². The monoisotopic (exact) mass is 428 g/mol. The summed E-state index contributed by atoms with van der Waals surface area (Å²) in [6, 6.07) is 13.8. The third-order valence-corrected chi connectivity index (χ3v) is 5.67. The van der Waals surface area contributed by atoms with E-state index in [0.717, 1.165) is 16.6 Å². The van der Waals surface area contributed by atoms with Gasteiger partial charge in [-0.1, -0.05) is 25.1 Å². The number of aromatic amines is 1. The van der Waals surface area contributed by atoms with Gasteiger partial charge in [-0.15, -0.1) is 0 Å². The molecule has 8 heteroatoms. The van der Waals surface area contributed by atoms with E-state index in [9.17, 15) is 9.18 Å². The molecule has 0 saturated carbocycles. The zero-order valence-corrected chi connectivity index (χ0v) is 17.6. The van der Waals surface area contributed by atoms with Gasteiger partial charge in [0.1, 0.15) is 17.7 Å². The number of aromatic nitrogens is 5. The topological polar surface area (TPSA) is 88.5 Å². The van der Waals surface area contributed by atoms with Gasteiger partial charge < -0.3 is 10.3 Å². The number of imidazole rings is 1. The van der Waals surface area contributed by atoms with Crippen molar-refractivity contribution in [1.82, 2.24) is 24.5 Å². The summed E-state index contributed by atoms with van der Waals surface area (Å²) in [4.78, 5) is 29.3. The van der Waals surface area contributed by atoms with Gasteiger partial charge in [0.25, 0.3) is 5.56 Å². The molecule has 5 rings (SSSR count). The zero-order valence-electron chi connectivity index (χ0n) is 17.6. The fourth-order valence-electron chi connectivity index (χ4n) is 4.02. The second-order valence-electron chi connectivity index (χ2n) is 7.83. The van der Waals surface area contributed by atoms with Crippen molar-refractivity contribution in [1.29, 1.82) is 0 Å². The molecule has 0 amide bonds. The van der Waals surface area contributed by atoms with Crippen molar-refractivity contribution in [3.05, 3.63) is 88.6 Å². The third-order valence-electron chi connectivity index (χ3n) is 5.67. The van der Waals surface area contributed by atoms with Gasteiger partial charge in [0.15, 0.2) is 11.5 Å². The van der Waals surface area contributed by atoms with Crippen LogP contribution in [0.3, 0.4) is 0 Å². The maximum Gasteiger partial charge on any atom is 0.263 e. The van der Waals surface area contributed by atoms with E-state index in [-0.39, 0.29) is 17.3 Å². The van der Waals surface area contributed by atoms with E-state index in [0.29, 0.717) is 34.6 Å². The molecule has 0 bridgehead atoms. The molecule has 0 aliphatic carbocycles. The number of hydrogen-bond donors (Lipinski definition) is 2. The number of nitrogens with zero attached hydrogens (tertiary/aromatic N) is 4. The Morgan fingerprint density at radius 1 is 1.12 bits per heavy atom. The molecule has 32 heavy (non-hydrogen) atoms. The number of hydrogen-bond acceptors (Lipinski definition) is 5. The summed E-state index contributed by atoms with van der Waals surface area (Å²) in [6.45, 7) is 4.47. The molecular formula is C24H21FN6O. The molecule has 2 N–H and O–H groups in total. The van der Waals surface area contributed by atoms with Crippen LogP contribution < -0.4 is 10.9 Å². The molecule has 1 atom stereocenters. The lowest BCUT2D eigenvalue weighted by molar-refractivity contribution is 0.627. The van der Waals surface area contributed by atoms with Crippen molar-refractivity contribution in [3.63, 3.8) is 0 Å². The highest BCUT2D eigenvalue weighted by Gasteiger charge is 2.18. The van der Waals surface area contributed by atoms with E-state index in [4.69, 9.17) is 0 Å². The largest absolute Gasteiger partial charge is 0.367 e. The number of nitrogens with one attached hydrogen (secondary N) is 2. The van der Waals surface area contributed by atoms with Crippen molar-refractivity contribution in [2.24, 2.45) is 0 Å². The molecule has 0 aliphatic heterocycles. The Hall–Kier alpha value is -4.07. The first-order valence-corrected chi connectivity index (χ1v) is 10.3. The summed E-state index contributed by atoms with van der Waals surface area (Å²) in [5.41, 5.74) is 3.54. The molecule has 2 aromatic carbocycles. The van der Waals surface area contributed by atoms with Gasteiger partial charge in [0, 0.05) is 23.8 Å². The number of benzene rings is 2. The quantitative estimate of drug-likeness (QED) is 0.435. The lowest BCUT2D eigenvalue weighted by Crippen LogP contribution is -2.26. The molecule has 3 heterocycles. The van der Waals surface area contributed by atoms with E-state index in [2.05, 4.69) is 25.3 Å². The highest BCUT2D eigenvalue weighted by atomic mass is 19.1. The van der Waals surface area contributed by atoms with Gasteiger partial charge in [-0.25, -0.2) is 19.3 Å². The number of anilines is 1. The predicted molar refractivity (Wildman–Crippen MR) is 123 cm³/mol. The minimum absolute atomic E-state index is 0.0679. The number of aryl methyl sites for hydroxylation is 1. The van der Waals surface area contributed by atoms with E-state index in [1.54, 1.807) is 23.0 Å². The van der Waals surface area contributed by atoms with E-state index in [1.165, 1.54) is 18.5 Å². The van der Waals surface area contributed by atoms with Crippen LogP contribution in [0.4, 0.5) is 10.2 Å². The first-order valence-electron chi connectivity index (χ1n) is 10.3. The van der Waals surface area contributed by atoms with Gasteiger partial charge in [-0.3, -0.25) is 9.36 Å². The number of pyridine rings is 1. The summed E-state index contributed by atoms with van der Waals surface area (Å²) in [5.74, 6) is 0.207. The molecule has 7 nitrogen and oxygen atoms in total. The van der Waals surface area contributed by atoms with E-state index < -0.39 is 0 Å². The average molecular weight is 428 g/mol. The van der Waals surface area contributed by atoms with Crippen LogP contribution in [0.5, 0.6) is 0 Å². The van der Waals surface area contributed by atoms with Crippen LogP contribution in [0, 0.1) is 12.7 Å². The van der Waals surface area contributed by atoms with Crippen LogP contribution in [-0.4, -0.2) is 31.0 Å². The maximum atomic E-state index is 13.6. The summed E-state index contributed by atoms with van der Waals surface area (Å²) < 4.78 is 15.2. The number of halogens is 1. The van der Waals surface area contributed by atoms with Crippen LogP contribution in [0.15, 0.2) is 66.0 Å². The predicted octanol–water partition coefficient (Wildman–Crippen LogP) is 4.32. The zero-order chi connectivity index (χ0) is 22.2. The number of H-pyrrole nitrogens is 1. The van der Waals surface area contributed by atoms with Crippen molar-refractivity contribution < 1.29 is 4.39 Å². The van der Waals surface area contributed by atoms with Gasteiger partial charge >= 0.3 is 0 Å². The van der Waals surface area contributed by atoms with E-state index in [1.807, 2.05) is 38.1 Å². The minimum Gasteiger partial charge on any atom is -0.367 e. The van der Waals surface area contributed by atoms with Crippen LogP contribution in [0.25, 0.3) is 27.6 Å². The second kappa shape index (κ2) is 7.88. The van der Waals surface area contributed by atoms with Gasteiger partial charge in [0.2, 0.25) is 0 Å². The van der Waals surface area contributed by atoms with Crippen LogP contribution in [0.1, 0.15) is 24.1 Å². The minimum atomic E-state index is -0.346. The second-order valence-corrected chi connectivity index (χ2v) is 7.83. The Morgan fingerprint density at radius 2 is 1.94 bits per heavy atom. The van der Waals surface area contributed by atoms with Crippen molar-refractivity contribution in [3.8, 4) is 5.69 Å². The number of fused-ring (bicyclic) bond motifs is 2. The molecule has 0 radical (unpaired) electrons. The van der Waals surface area contributed by atoms with Gasteiger partial charge in [0.05, 0.1) is 11.7 Å². The Bertz CT molecular complexity index is 1490. The highest BCUT2D eigenvalue weighted by molar-refractivity contribution is 5.85. The maximum absolute atomic E-state index is 13.6. The smallest absolute Gasteiger partial charge is 0.263 e. The first kappa shape index (κ1) is 19.9. The lowest BCUT2D eigenvalue weighted by atomic mass is 10.0. The highest BCUT2D eigenvalue weighted by Crippen LogP contribution is 2.25. The Labute approximate surface area is 183 Å². The molecule has 160 valence electrons. The molecule has 0 unspecified atom stereocenters. The van der Waals surface area contributed by atoms with Crippen LogP contribution >= 0.6 is 0 Å². The lowest BCUT2D eigenvalue weighted by Gasteiger charge is -2.21. The molecule has 0 aliphatic rings. The Morgan fingerprint density at radius 3 is 2.75 bits per heavy atom. The first-order chi connectivity index (χ1) is 15.5. The summed E-state index contributed by atoms with van der Waals surface area (Å²) in [5, 5.41) is 4.87. The van der Waals surface area contributed by atoms with Crippen molar-refractivity contribution in [2.45, 2.75) is 19.8 Å². The molecular weight excluding hydrogens is 407 g/mol. The Balaban J connectivity index is 1.60. The summed E-state index contributed by atoms with van der Waals surface area (Å²) in [6.07, 6.45) is 3.05. The van der Waals surface area contributed by atoms with Gasteiger partial charge in [-0.2, -0.15) is 0 Å². The van der Waals surface area contributed by atoms with E-state index >= 15 is 0 Å². The normalized spacial score (nSPS) is 12.3. The standard InChI is InChI=1S/C24H21FN6O/c1-14-4-3-5-16-10-19(31(24(32)20(14)16)18-8-6-17(25)7-9-18)15(2)11-26-22-21-23(28-12-27-21)30-13-29-22/h3-10,12-13,15H,11H2,1-2H3,(H2,26,27,28,29,30)/t15-/m1/s1. The molecule has 0 fully saturated rings. The molecule has 5 aromatic rings. The average Bonchev–Trinajstić information content (AvgIpc) is 3.27. The van der Waals surface area contributed by atoms with Crippen LogP contribution in [-0.2, 0) is 0 Å². The molecule has 3 aromatic heterocycles. The molecule has 0 saturated heterocycles.